The molecule has 0 saturated carbocycles. The molecule has 2 heterocycles. The third-order valence-electron chi connectivity index (χ3n) is 4.61. The summed E-state index contributed by atoms with van der Waals surface area (Å²) in [6, 6.07) is 14.1. The molecule has 1 aliphatic heterocycles. The molecule has 1 fully saturated rings. The van der Waals surface area contributed by atoms with Gasteiger partial charge in [-0.3, -0.25) is 9.69 Å². The molecule has 1 amide bonds. The van der Waals surface area contributed by atoms with Crippen molar-refractivity contribution in [3.05, 3.63) is 57.8 Å². The maximum absolute atomic E-state index is 12.3. The minimum Gasteiger partial charge on any atom is -0.375 e. The number of thiophene rings is 1. The van der Waals surface area contributed by atoms with E-state index >= 15 is 0 Å². The first-order chi connectivity index (χ1) is 12.8. The summed E-state index contributed by atoms with van der Waals surface area (Å²) in [6.45, 7) is 4.96. The molecular weight excluding hydrogens is 344 g/mol. The number of likely N-dealkylation sites (tertiary alicyclic amines) is 1. The molecule has 3 rings (SSSR count). The molecule has 1 aliphatic rings. The highest BCUT2D eigenvalue weighted by molar-refractivity contribution is 7.14. The van der Waals surface area contributed by atoms with Crippen molar-refractivity contribution < 1.29 is 9.53 Å². The summed E-state index contributed by atoms with van der Waals surface area (Å²) in [5, 5.41) is 2.95. The standard InChI is InChI=1S/C21H28N2O2S/c24-21(22-12-15-25-17-18-8-4-3-5-9-18)20-11-10-19(26-20)16-23-13-6-1-2-7-14-23/h3-5,8-11H,1-2,6-7,12-17H2,(H,22,24). The zero-order chi connectivity index (χ0) is 18.0. The second kappa shape index (κ2) is 10.5. The quantitative estimate of drug-likeness (QED) is 0.710. The number of amides is 1. The summed E-state index contributed by atoms with van der Waals surface area (Å²) in [5.41, 5.74) is 1.15. The number of nitrogens with one attached hydrogen (secondary N) is 1. The van der Waals surface area contributed by atoms with Crippen molar-refractivity contribution in [3.63, 3.8) is 0 Å². The highest BCUT2D eigenvalue weighted by atomic mass is 32.1. The molecule has 1 saturated heterocycles. The third kappa shape index (κ3) is 6.24. The van der Waals surface area contributed by atoms with Crippen molar-refractivity contribution in [1.82, 2.24) is 10.2 Å². The monoisotopic (exact) mass is 372 g/mol. The van der Waals surface area contributed by atoms with Gasteiger partial charge in [0.25, 0.3) is 5.91 Å². The predicted molar refractivity (Wildman–Crippen MR) is 106 cm³/mol. The van der Waals surface area contributed by atoms with Crippen LogP contribution < -0.4 is 5.32 Å². The Hall–Kier alpha value is -1.69. The van der Waals surface area contributed by atoms with Gasteiger partial charge in [0.15, 0.2) is 0 Å². The summed E-state index contributed by atoms with van der Waals surface area (Å²) in [4.78, 5) is 16.8. The fourth-order valence-corrected chi connectivity index (χ4v) is 4.15. The Bertz CT molecular complexity index is 664. The van der Waals surface area contributed by atoms with Crippen LogP contribution in [0.1, 0.15) is 45.8 Å². The van der Waals surface area contributed by atoms with Crippen molar-refractivity contribution in [2.45, 2.75) is 38.8 Å². The van der Waals surface area contributed by atoms with Crippen molar-refractivity contribution in [1.29, 1.82) is 0 Å². The number of carbonyl (C=O) groups is 1. The number of carbonyl (C=O) groups excluding carboxylic acids is 1. The van der Waals surface area contributed by atoms with Crippen LogP contribution in [-0.4, -0.2) is 37.0 Å². The molecular formula is C21H28N2O2S. The number of rotatable bonds is 8. The molecule has 26 heavy (non-hydrogen) atoms. The summed E-state index contributed by atoms with van der Waals surface area (Å²) in [7, 11) is 0. The van der Waals surface area contributed by atoms with Crippen molar-refractivity contribution in [2.24, 2.45) is 0 Å². The average molecular weight is 373 g/mol. The van der Waals surface area contributed by atoms with Gasteiger partial charge < -0.3 is 10.1 Å². The fourth-order valence-electron chi connectivity index (χ4n) is 3.19. The van der Waals surface area contributed by atoms with Crippen LogP contribution in [-0.2, 0) is 17.9 Å². The zero-order valence-electron chi connectivity index (χ0n) is 15.3. The lowest BCUT2D eigenvalue weighted by Crippen LogP contribution is -2.26. The molecule has 1 aromatic carbocycles. The molecule has 2 aromatic rings. The minimum atomic E-state index is 0.000396. The van der Waals surface area contributed by atoms with Crippen molar-refractivity contribution >= 4 is 17.2 Å². The number of benzene rings is 1. The van der Waals surface area contributed by atoms with E-state index in [9.17, 15) is 4.79 Å². The van der Waals surface area contributed by atoms with E-state index in [4.69, 9.17) is 4.74 Å². The lowest BCUT2D eigenvalue weighted by Gasteiger charge is -2.18. The average Bonchev–Trinajstić information content (AvgIpc) is 2.98. The first-order valence-electron chi connectivity index (χ1n) is 9.52. The summed E-state index contributed by atoms with van der Waals surface area (Å²) in [6.07, 6.45) is 5.28. The number of hydrogen-bond donors (Lipinski definition) is 1. The van der Waals surface area contributed by atoms with Gasteiger partial charge in [0.2, 0.25) is 0 Å². The van der Waals surface area contributed by atoms with E-state index in [0.29, 0.717) is 19.8 Å². The van der Waals surface area contributed by atoms with Crippen LogP contribution in [0.25, 0.3) is 0 Å². The van der Waals surface area contributed by atoms with Crippen LogP contribution in [0.3, 0.4) is 0 Å². The molecule has 5 heteroatoms. The van der Waals surface area contributed by atoms with Gasteiger partial charge >= 0.3 is 0 Å². The molecule has 4 nitrogen and oxygen atoms in total. The van der Waals surface area contributed by atoms with E-state index in [1.807, 2.05) is 36.4 Å². The number of hydrogen-bond acceptors (Lipinski definition) is 4. The molecule has 0 bridgehead atoms. The Labute approximate surface area is 160 Å². The molecule has 0 radical (unpaired) electrons. The molecule has 140 valence electrons. The first-order valence-corrected chi connectivity index (χ1v) is 10.3. The van der Waals surface area contributed by atoms with Crippen LogP contribution >= 0.6 is 11.3 Å². The Kier molecular flexibility index (Phi) is 7.67. The molecule has 1 N–H and O–H groups in total. The first kappa shape index (κ1) is 19.1. The van der Waals surface area contributed by atoms with E-state index in [2.05, 4.69) is 16.3 Å². The van der Waals surface area contributed by atoms with Crippen LogP contribution in [0, 0.1) is 0 Å². The highest BCUT2D eigenvalue weighted by Crippen LogP contribution is 2.20. The lowest BCUT2D eigenvalue weighted by atomic mass is 10.2. The second-order valence-corrected chi connectivity index (χ2v) is 7.92. The van der Waals surface area contributed by atoms with Crippen LogP contribution in [0.4, 0.5) is 0 Å². The van der Waals surface area contributed by atoms with E-state index in [-0.39, 0.29) is 5.91 Å². The van der Waals surface area contributed by atoms with Crippen molar-refractivity contribution in [3.8, 4) is 0 Å². The van der Waals surface area contributed by atoms with Crippen LogP contribution in [0.2, 0.25) is 0 Å². The van der Waals surface area contributed by atoms with E-state index in [1.165, 1.54) is 43.6 Å². The van der Waals surface area contributed by atoms with E-state index in [1.54, 1.807) is 11.3 Å². The predicted octanol–water partition coefficient (Wildman–Crippen LogP) is 4.07. The van der Waals surface area contributed by atoms with Gasteiger partial charge in [0.1, 0.15) is 0 Å². The molecule has 0 atom stereocenters. The SMILES string of the molecule is O=C(NCCOCc1ccccc1)c1ccc(CN2CCCCCC2)s1. The summed E-state index contributed by atoms with van der Waals surface area (Å²) >= 11 is 1.61. The highest BCUT2D eigenvalue weighted by Gasteiger charge is 2.13. The Morgan fingerprint density at radius 3 is 2.58 bits per heavy atom. The molecule has 0 spiro atoms. The lowest BCUT2D eigenvalue weighted by molar-refractivity contribution is 0.0904. The van der Waals surface area contributed by atoms with Crippen LogP contribution in [0.15, 0.2) is 42.5 Å². The van der Waals surface area contributed by atoms with Gasteiger partial charge in [-0.05, 0) is 43.6 Å². The second-order valence-electron chi connectivity index (χ2n) is 6.75. The minimum absolute atomic E-state index is 0.000396. The molecule has 1 aromatic heterocycles. The molecule has 0 aliphatic carbocycles. The van der Waals surface area contributed by atoms with Gasteiger partial charge in [-0.1, -0.05) is 43.2 Å². The Morgan fingerprint density at radius 2 is 1.81 bits per heavy atom. The maximum atomic E-state index is 12.3. The van der Waals surface area contributed by atoms with Gasteiger partial charge in [-0.2, -0.15) is 0 Å². The summed E-state index contributed by atoms with van der Waals surface area (Å²) < 4.78 is 5.61. The van der Waals surface area contributed by atoms with Crippen LogP contribution in [0.5, 0.6) is 0 Å². The molecule has 0 unspecified atom stereocenters. The fraction of sp³-hybridized carbons (Fsp3) is 0.476. The maximum Gasteiger partial charge on any atom is 0.261 e. The third-order valence-corrected chi connectivity index (χ3v) is 5.68. The van der Waals surface area contributed by atoms with E-state index < -0.39 is 0 Å². The van der Waals surface area contributed by atoms with Gasteiger partial charge in [0, 0.05) is 18.0 Å². The zero-order valence-corrected chi connectivity index (χ0v) is 16.1. The topological polar surface area (TPSA) is 41.6 Å². The number of ether oxygens (including phenoxy) is 1. The van der Waals surface area contributed by atoms with Gasteiger partial charge in [-0.15, -0.1) is 11.3 Å². The largest absolute Gasteiger partial charge is 0.375 e. The Morgan fingerprint density at radius 1 is 1.04 bits per heavy atom. The van der Waals surface area contributed by atoms with E-state index in [0.717, 1.165) is 17.0 Å². The van der Waals surface area contributed by atoms with Crippen molar-refractivity contribution in [2.75, 3.05) is 26.2 Å². The normalized spacial score (nSPS) is 15.5. The number of nitrogens with zero attached hydrogens (tertiary/aromatic N) is 1. The van der Waals surface area contributed by atoms with Gasteiger partial charge in [-0.25, -0.2) is 0 Å². The van der Waals surface area contributed by atoms with Gasteiger partial charge in [0.05, 0.1) is 18.1 Å². The summed E-state index contributed by atoms with van der Waals surface area (Å²) in [5.74, 6) is 0.000396. The Balaban J connectivity index is 1.36. The smallest absolute Gasteiger partial charge is 0.261 e.